The van der Waals surface area contributed by atoms with Crippen LogP contribution in [0.3, 0.4) is 0 Å². The second kappa shape index (κ2) is 8.32. The van der Waals surface area contributed by atoms with E-state index >= 15 is 0 Å². The van der Waals surface area contributed by atoms with Crippen molar-refractivity contribution in [2.24, 2.45) is 5.92 Å². The van der Waals surface area contributed by atoms with Crippen LogP contribution in [-0.4, -0.2) is 33.9 Å². The first-order valence-corrected chi connectivity index (χ1v) is 11.6. The third-order valence-corrected chi connectivity index (χ3v) is 7.36. The van der Waals surface area contributed by atoms with Crippen LogP contribution in [0.2, 0.25) is 0 Å². The molecule has 1 amide bonds. The Hall–Kier alpha value is -2.51. The summed E-state index contributed by atoms with van der Waals surface area (Å²) in [6.07, 6.45) is 6.61. The summed E-state index contributed by atoms with van der Waals surface area (Å²) >= 11 is 1.78. The Balaban J connectivity index is 1.29. The fourth-order valence-corrected chi connectivity index (χ4v) is 5.97. The van der Waals surface area contributed by atoms with Gasteiger partial charge in [0.05, 0.1) is 17.8 Å². The monoisotopic (exact) mass is 421 g/mol. The minimum Gasteiger partial charge on any atom is -0.383 e. The maximum Gasteiger partial charge on any atom is 0.228 e. The lowest BCUT2D eigenvalue weighted by molar-refractivity contribution is -0.121. The highest BCUT2D eigenvalue weighted by Crippen LogP contribution is 2.37. The number of hydrogen-bond acceptors (Lipinski definition) is 6. The number of likely N-dealkylation sites (tertiary alicyclic amines) is 1. The van der Waals surface area contributed by atoms with E-state index in [1.807, 2.05) is 30.3 Å². The predicted octanol–water partition coefficient (Wildman–Crippen LogP) is 4.00. The van der Waals surface area contributed by atoms with Crippen LogP contribution >= 0.6 is 11.3 Å². The predicted molar refractivity (Wildman–Crippen MR) is 122 cm³/mol. The number of amides is 1. The summed E-state index contributed by atoms with van der Waals surface area (Å²) in [5.41, 5.74) is 8.59. The van der Waals surface area contributed by atoms with Crippen LogP contribution in [0.4, 0.5) is 11.5 Å². The summed E-state index contributed by atoms with van der Waals surface area (Å²) in [5, 5.41) is 4.12. The Morgan fingerprint density at radius 2 is 2.00 bits per heavy atom. The number of anilines is 2. The quantitative estimate of drug-likeness (QED) is 0.665. The molecule has 3 N–H and O–H groups in total. The van der Waals surface area contributed by atoms with Crippen molar-refractivity contribution >= 4 is 39.0 Å². The number of carbonyl (C=O) groups is 1. The van der Waals surface area contributed by atoms with Crippen LogP contribution in [-0.2, 0) is 24.2 Å². The van der Waals surface area contributed by atoms with E-state index in [1.165, 1.54) is 23.3 Å². The van der Waals surface area contributed by atoms with Crippen molar-refractivity contribution in [3.63, 3.8) is 0 Å². The number of nitrogens with two attached hydrogens (primary N) is 1. The largest absolute Gasteiger partial charge is 0.383 e. The summed E-state index contributed by atoms with van der Waals surface area (Å²) < 4.78 is 0. The second-order valence-electron chi connectivity index (χ2n) is 8.35. The summed E-state index contributed by atoms with van der Waals surface area (Å²) in [7, 11) is 0. The SMILES string of the molecule is Nc1nc(CN2CCCC(C(=O)Nc3ccccc3)C2)nc2sc3c(c12)CCCC3. The second-order valence-corrected chi connectivity index (χ2v) is 9.43. The fourth-order valence-electron chi connectivity index (χ4n) is 4.68. The number of hydrogen-bond donors (Lipinski definition) is 2. The van der Waals surface area contributed by atoms with Gasteiger partial charge in [0.2, 0.25) is 5.91 Å². The van der Waals surface area contributed by atoms with Gasteiger partial charge < -0.3 is 11.1 Å². The maximum absolute atomic E-state index is 12.7. The first kappa shape index (κ1) is 19.5. The molecule has 3 aromatic rings. The third-order valence-electron chi connectivity index (χ3n) is 6.17. The molecule has 3 heterocycles. The number of aromatic nitrogens is 2. The molecule has 6 nitrogen and oxygen atoms in total. The van der Waals surface area contributed by atoms with Gasteiger partial charge in [0.15, 0.2) is 0 Å². The van der Waals surface area contributed by atoms with Crippen molar-refractivity contribution in [1.29, 1.82) is 0 Å². The Bertz CT molecular complexity index is 1060. The molecular weight excluding hydrogens is 394 g/mol. The minimum absolute atomic E-state index is 0.0194. The van der Waals surface area contributed by atoms with Crippen molar-refractivity contribution < 1.29 is 4.79 Å². The van der Waals surface area contributed by atoms with E-state index in [1.54, 1.807) is 11.3 Å². The zero-order valence-corrected chi connectivity index (χ0v) is 17.9. The normalized spacial score (nSPS) is 19.5. The molecule has 1 fully saturated rings. The topological polar surface area (TPSA) is 84.1 Å². The molecule has 1 unspecified atom stereocenters. The van der Waals surface area contributed by atoms with E-state index < -0.39 is 0 Å². The Morgan fingerprint density at radius 1 is 1.17 bits per heavy atom. The molecule has 1 aliphatic carbocycles. The van der Waals surface area contributed by atoms with Crippen molar-refractivity contribution in [2.75, 3.05) is 24.1 Å². The van der Waals surface area contributed by atoms with Gasteiger partial charge in [0.25, 0.3) is 0 Å². The number of carbonyl (C=O) groups excluding carboxylic acids is 1. The van der Waals surface area contributed by atoms with Crippen LogP contribution in [0.15, 0.2) is 30.3 Å². The third kappa shape index (κ3) is 3.91. The molecule has 5 rings (SSSR count). The molecule has 156 valence electrons. The van der Waals surface area contributed by atoms with Crippen molar-refractivity contribution in [3.05, 3.63) is 46.6 Å². The van der Waals surface area contributed by atoms with Crippen molar-refractivity contribution in [3.8, 4) is 0 Å². The molecule has 0 spiro atoms. The van der Waals surface area contributed by atoms with Gasteiger partial charge in [0.1, 0.15) is 16.5 Å². The number of benzene rings is 1. The van der Waals surface area contributed by atoms with Crippen LogP contribution < -0.4 is 11.1 Å². The van der Waals surface area contributed by atoms with Crippen LogP contribution in [0, 0.1) is 5.92 Å². The van der Waals surface area contributed by atoms with E-state index in [0.717, 1.165) is 60.5 Å². The number of nitrogens with zero attached hydrogens (tertiary/aromatic N) is 3. The summed E-state index contributed by atoms with van der Waals surface area (Å²) in [4.78, 5) is 27.0. The van der Waals surface area contributed by atoms with Gasteiger partial charge in [0, 0.05) is 17.1 Å². The molecule has 30 heavy (non-hydrogen) atoms. The molecule has 1 aliphatic heterocycles. The fraction of sp³-hybridized carbons (Fsp3) is 0.435. The van der Waals surface area contributed by atoms with Crippen molar-refractivity contribution in [2.45, 2.75) is 45.1 Å². The molecule has 0 saturated carbocycles. The average molecular weight is 422 g/mol. The minimum atomic E-state index is -0.0194. The molecule has 2 aromatic heterocycles. The summed E-state index contributed by atoms with van der Waals surface area (Å²) in [6, 6.07) is 9.66. The molecule has 0 radical (unpaired) electrons. The van der Waals surface area contributed by atoms with Gasteiger partial charge in [-0.15, -0.1) is 11.3 Å². The highest BCUT2D eigenvalue weighted by molar-refractivity contribution is 7.19. The van der Waals surface area contributed by atoms with Gasteiger partial charge in [-0.25, -0.2) is 9.97 Å². The number of para-hydroxylation sites is 1. The Kier molecular flexibility index (Phi) is 5.39. The molecule has 2 aliphatic rings. The molecule has 7 heteroatoms. The molecular formula is C23H27N5OS. The lowest BCUT2D eigenvalue weighted by Crippen LogP contribution is -2.40. The number of rotatable bonds is 4. The zero-order valence-electron chi connectivity index (χ0n) is 17.1. The van der Waals surface area contributed by atoms with E-state index in [9.17, 15) is 4.79 Å². The number of piperidine rings is 1. The highest BCUT2D eigenvalue weighted by Gasteiger charge is 2.27. The van der Waals surface area contributed by atoms with E-state index in [4.69, 9.17) is 10.7 Å². The summed E-state index contributed by atoms with van der Waals surface area (Å²) in [5.74, 6) is 1.45. The van der Waals surface area contributed by atoms with Crippen LogP contribution in [0.1, 0.15) is 41.9 Å². The number of nitrogens with one attached hydrogen (secondary N) is 1. The average Bonchev–Trinajstić information content (AvgIpc) is 3.13. The zero-order chi connectivity index (χ0) is 20.5. The number of fused-ring (bicyclic) bond motifs is 3. The van der Waals surface area contributed by atoms with Gasteiger partial charge >= 0.3 is 0 Å². The van der Waals surface area contributed by atoms with E-state index in [0.29, 0.717) is 12.4 Å². The highest BCUT2D eigenvalue weighted by atomic mass is 32.1. The smallest absolute Gasteiger partial charge is 0.228 e. The molecule has 1 aromatic carbocycles. The first-order chi connectivity index (χ1) is 14.7. The number of nitrogen functional groups attached to an aromatic ring is 1. The molecule has 1 saturated heterocycles. The summed E-state index contributed by atoms with van der Waals surface area (Å²) in [6.45, 7) is 2.32. The van der Waals surface area contributed by atoms with E-state index in [-0.39, 0.29) is 11.8 Å². The molecule has 1 atom stereocenters. The lowest BCUT2D eigenvalue weighted by atomic mass is 9.96. The standard InChI is InChI=1S/C23H27N5OS/c24-21-20-17-10-4-5-11-18(17)30-23(20)27-19(26-21)14-28-12-6-7-15(13-28)22(29)25-16-8-2-1-3-9-16/h1-3,8-9,15H,4-7,10-14H2,(H,25,29)(H2,24,26,27). The molecule has 0 bridgehead atoms. The van der Waals surface area contributed by atoms with Gasteiger partial charge in [-0.2, -0.15) is 0 Å². The van der Waals surface area contributed by atoms with Gasteiger partial charge in [-0.05, 0) is 62.8 Å². The number of aryl methyl sites for hydroxylation is 2. The van der Waals surface area contributed by atoms with E-state index in [2.05, 4.69) is 15.2 Å². The van der Waals surface area contributed by atoms with Crippen LogP contribution in [0.5, 0.6) is 0 Å². The maximum atomic E-state index is 12.7. The van der Waals surface area contributed by atoms with Crippen molar-refractivity contribution in [1.82, 2.24) is 14.9 Å². The Morgan fingerprint density at radius 3 is 2.87 bits per heavy atom. The van der Waals surface area contributed by atoms with Crippen LogP contribution in [0.25, 0.3) is 10.2 Å². The Labute approximate surface area is 180 Å². The lowest BCUT2D eigenvalue weighted by Gasteiger charge is -2.31. The first-order valence-electron chi connectivity index (χ1n) is 10.8. The van der Waals surface area contributed by atoms with Gasteiger partial charge in [-0.3, -0.25) is 9.69 Å². The number of thiophene rings is 1. The van der Waals surface area contributed by atoms with Gasteiger partial charge in [-0.1, -0.05) is 18.2 Å².